The van der Waals surface area contributed by atoms with Crippen molar-refractivity contribution in [2.24, 2.45) is 0 Å². The number of aromatic hydroxyl groups is 1. The van der Waals surface area contributed by atoms with E-state index in [0.29, 0.717) is 42.0 Å². The number of hydrogen-bond donors (Lipinski definition) is 3. The quantitative estimate of drug-likeness (QED) is 0.410. The number of H-pyrrole nitrogens is 1. The van der Waals surface area contributed by atoms with Crippen molar-refractivity contribution in [1.82, 2.24) is 25.4 Å². The first kappa shape index (κ1) is 22.1. The Morgan fingerprint density at radius 3 is 2.62 bits per heavy atom. The van der Waals surface area contributed by atoms with Crippen LogP contribution < -0.4 is 5.32 Å². The van der Waals surface area contributed by atoms with Gasteiger partial charge in [0.1, 0.15) is 5.75 Å². The molecule has 5 rings (SSSR count). The van der Waals surface area contributed by atoms with Crippen molar-refractivity contribution >= 4 is 16.9 Å². The minimum atomic E-state index is -0.175. The van der Waals surface area contributed by atoms with Crippen LogP contribution in [0.3, 0.4) is 0 Å². The zero-order valence-corrected chi connectivity index (χ0v) is 19.0. The predicted molar refractivity (Wildman–Crippen MR) is 130 cm³/mol. The second-order valence-corrected chi connectivity index (χ2v) is 8.42. The van der Waals surface area contributed by atoms with Gasteiger partial charge in [-0.2, -0.15) is 5.10 Å². The van der Waals surface area contributed by atoms with Crippen LogP contribution in [0.4, 0.5) is 0 Å². The lowest BCUT2D eigenvalue weighted by atomic mass is 10.0. The molecule has 1 saturated heterocycles. The number of morpholine rings is 1. The first-order chi connectivity index (χ1) is 16.6. The molecule has 3 heterocycles. The smallest absolute Gasteiger partial charge is 0.252 e. The summed E-state index contributed by atoms with van der Waals surface area (Å²) in [5.74, 6) is 0.00126. The summed E-state index contributed by atoms with van der Waals surface area (Å²) in [6.07, 6.45) is 0. The fraction of sp³-hybridized carbons (Fsp3) is 0.269. The maximum atomic E-state index is 13.5. The van der Waals surface area contributed by atoms with Crippen molar-refractivity contribution in [1.29, 1.82) is 0 Å². The highest BCUT2D eigenvalue weighted by Gasteiger charge is 2.24. The Kier molecular flexibility index (Phi) is 6.24. The second-order valence-electron chi connectivity index (χ2n) is 8.42. The maximum absolute atomic E-state index is 13.5. The highest BCUT2D eigenvalue weighted by atomic mass is 16.5. The van der Waals surface area contributed by atoms with Crippen molar-refractivity contribution in [2.45, 2.75) is 13.0 Å². The third-order valence-corrected chi connectivity index (χ3v) is 6.25. The Balaban J connectivity index is 1.45. The monoisotopic (exact) mass is 457 g/mol. The van der Waals surface area contributed by atoms with Gasteiger partial charge in [0.2, 0.25) is 0 Å². The van der Waals surface area contributed by atoms with E-state index in [1.54, 1.807) is 30.3 Å². The summed E-state index contributed by atoms with van der Waals surface area (Å²) >= 11 is 0. The molecule has 1 aliphatic heterocycles. The van der Waals surface area contributed by atoms with Crippen molar-refractivity contribution in [3.63, 3.8) is 0 Å². The van der Waals surface area contributed by atoms with Gasteiger partial charge in [0.25, 0.3) is 5.91 Å². The molecule has 1 fully saturated rings. The lowest BCUT2D eigenvalue weighted by Gasteiger charge is -2.35. The highest BCUT2D eigenvalue weighted by Crippen LogP contribution is 2.27. The number of fused-ring (bicyclic) bond motifs is 1. The number of hydrogen-bond acceptors (Lipinski definition) is 6. The number of ether oxygens (including phenoxy) is 1. The molecule has 0 spiro atoms. The Hall–Kier alpha value is -3.75. The van der Waals surface area contributed by atoms with Crippen LogP contribution in [-0.2, 0) is 4.74 Å². The van der Waals surface area contributed by atoms with E-state index < -0.39 is 0 Å². The normalized spacial score (nSPS) is 15.3. The predicted octanol–water partition coefficient (Wildman–Crippen LogP) is 3.44. The van der Waals surface area contributed by atoms with Gasteiger partial charge in [0, 0.05) is 25.2 Å². The topological polar surface area (TPSA) is 103 Å². The van der Waals surface area contributed by atoms with Crippen LogP contribution in [0.1, 0.15) is 27.7 Å². The number of carbonyl (C=O) groups excluding carboxylic acids is 1. The van der Waals surface area contributed by atoms with Gasteiger partial charge in [-0.1, -0.05) is 30.3 Å². The maximum Gasteiger partial charge on any atom is 0.252 e. The van der Waals surface area contributed by atoms with Gasteiger partial charge in [-0.15, -0.1) is 0 Å². The van der Waals surface area contributed by atoms with E-state index in [1.807, 2.05) is 25.1 Å². The van der Waals surface area contributed by atoms with E-state index in [2.05, 4.69) is 37.5 Å². The average molecular weight is 458 g/mol. The molecule has 0 saturated carbocycles. The van der Waals surface area contributed by atoms with E-state index >= 15 is 0 Å². The van der Waals surface area contributed by atoms with E-state index in [9.17, 15) is 9.90 Å². The van der Waals surface area contributed by atoms with Gasteiger partial charge in [0.05, 0.1) is 41.6 Å². The van der Waals surface area contributed by atoms with Crippen molar-refractivity contribution < 1.29 is 14.6 Å². The third kappa shape index (κ3) is 4.50. The summed E-state index contributed by atoms with van der Waals surface area (Å²) in [7, 11) is 0. The third-order valence-electron chi connectivity index (χ3n) is 6.25. The molecule has 4 aromatic rings. The number of pyridine rings is 1. The number of phenolic OH excluding ortho intramolecular Hbond substituents is 1. The molecule has 2 aromatic carbocycles. The molecule has 34 heavy (non-hydrogen) atoms. The van der Waals surface area contributed by atoms with Crippen molar-refractivity contribution in [3.05, 3.63) is 77.5 Å². The summed E-state index contributed by atoms with van der Waals surface area (Å²) in [6, 6.07) is 18.8. The van der Waals surface area contributed by atoms with Crippen LogP contribution in [0, 0.1) is 6.92 Å². The number of rotatable bonds is 6. The number of amides is 1. The number of aryl methyl sites for hydroxylation is 1. The molecular formula is C26H27N5O3. The number of nitrogens with zero attached hydrogens (tertiary/aromatic N) is 3. The summed E-state index contributed by atoms with van der Waals surface area (Å²) in [5.41, 5.74) is 4.39. The van der Waals surface area contributed by atoms with Crippen LogP contribution in [0.5, 0.6) is 5.75 Å². The highest BCUT2D eigenvalue weighted by molar-refractivity contribution is 6.07. The molecule has 8 nitrogen and oxygen atoms in total. The largest absolute Gasteiger partial charge is 0.508 e. The minimum Gasteiger partial charge on any atom is -0.508 e. The number of phenols is 1. The van der Waals surface area contributed by atoms with Gasteiger partial charge >= 0.3 is 0 Å². The number of nitrogens with one attached hydrogen (secondary N) is 2. The molecular weight excluding hydrogens is 430 g/mol. The van der Waals surface area contributed by atoms with Gasteiger partial charge < -0.3 is 15.2 Å². The molecule has 1 amide bonds. The molecule has 1 unspecified atom stereocenters. The summed E-state index contributed by atoms with van der Waals surface area (Å²) in [4.78, 5) is 20.5. The van der Waals surface area contributed by atoms with E-state index in [0.717, 1.165) is 29.9 Å². The number of aromatic amines is 1. The van der Waals surface area contributed by atoms with Crippen LogP contribution >= 0.6 is 0 Å². The van der Waals surface area contributed by atoms with Crippen LogP contribution in [0.25, 0.3) is 22.3 Å². The first-order valence-electron chi connectivity index (χ1n) is 11.4. The molecule has 174 valence electrons. The number of benzene rings is 2. The molecule has 0 radical (unpaired) electrons. The number of carbonyl (C=O) groups is 1. The zero-order chi connectivity index (χ0) is 23.5. The van der Waals surface area contributed by atoms with E-state index in [-0.39, 0.29) is 17.7 Å². The SMILES string of the molecule is Cc1n[nH]c2nc(-c3ccc(O)cc3)cc(C(=O)NCC(c3ccccc3)N3CCOCC3)c12. The Morgan fingerprint density at radius 2 is 1.88 bits per heavy atom. The van der Waals surface area contributed by atoms with Gasteiger partial charge in [-0.25, -0.2) is 4.98 Å². The molecule has 3 N–H and O–H groups in total. The fourth-order valence-corrected chi connectivity index (χ4v) is 4.45. The lowest BCUT2D eigenvalue weighted by Crippen LogP contribution is -2.43. The first-order valence-corrected chi connectivity index (χ1v) is 11.4. The van der Waals surface area contributed by atoms with Crippen LogP contribution in [0.2, 0.25) is 0 Å². The molecule has 0 bridgehead atoms. The Morgan fingerprint density at radius 1 is 1.15 bits per heavy atom. The standard InChI is InChI=1S/C26H27N5O3/c1-17-24-21(15-22(28-25(24)30-29-17)18-7-9-20(32)10-8-18)26(33)27-16-23(19-5-3-2-4-6-19)31-11-13-34-14-12-31/h2-10,15,23,32H,11-14,16H2,1H3,(H,27,33)(H,28,29,30). The van der Waals surface area contributed by atoms with Gasteiger partial charge in [-0.3, -0.25) is 14.8 Å². The zero-order valence-electron chi connectivity index (χ0n) is 19.0. The molecule has 8 heteroatoms. The lowest BCUT2D eigenvalue weighted by molar-refractivity contribution is 0.0162. The molecule has 1 atom stereocenters. The fourth-order valence-electron chi connectivity index (χ4n) is 4.45. The molecule has 1 aliphatic rings. The summed E-state index contributed by atoms with van der Waals surface area (Å²) < 4.78 is 5.53. The van der Waals surface area contributed by atoms with E-state index in [4.69, 9.17) is 4.74 Å². The van der Waals surface area contributed by atoms with Gasteiger partial charge in [0.15, 0.2) is 5.65 Å². The summed E-state index contributed by atoms with van der Waals surface area (Å²) in [5, 5.41) is 20.7. The van der Waals surface area contributed by atoms with Crippen LogP contribution in [0.15, 0.2) is 60.7 Å². The van der Waals surface area contributed by atoms with Gasteiger partial charge in [-0.05, 0) is 42.8 Å². The molecule has 2 aromatic heterocycles. The second kappa shape index (κ2) is 9.62. The average Bonchev–Trinajstić information content (AvgIpc) is 3.26. The minimum absolute atomic E-state index is 0.0494. The van der Waals surface area contributed by atoms with Crippen molar-refractivity contribution in [3.8, 4) is 17.0 Å². The Labute approximate surface area is 197 Å². The Bertz CT molecular complexity index is 1280. The van der Waals surface area contributed by atoms with Crippen molar-refractivity contribution in [2.75, 3.05) is 32.8 Å². The number of aromatic nitrogens is 3. The van der Waals surface area contributed by atoms with Crippen LogP contribution in [-0.4, -0.2) is 63.9 Å². The van der Waals surface area contributed by atoms with E-state index in [1.165, 1.54) is 0 Å². The summed E-state index contributed by atoms with van der Waals surface area (Å²) in [6.45, 7) is 5.34. The molecule has 0 aliphatic carbocycles.